The summed E-state index contributed by atoms with van der Waals surface area (Å²) in [4.78, 5) is 11.6. The summed E-state index contributed by atoms with van der Waals surface area (Å²) in [5, 5.41) is 8.68. The minimum absolute atomic E-state index is 0.433. The van der Waals surface area contributed by atoms with Crippen LogP contribution in [0.25, 0.3) is 22.4 Å². The van der Waals surface area contributed by atoms with E-state index >= 15 is 0 Å². The van der Waals surface area contributed by atoms with Crippen LogP contribution in [0.15, 0.2) is 77.7 Å². The van der Waals surface area contributed by atoms with Gasteiger partial charge >= 0.3 is 0 Å². The molecule has 4 N–H and O–H groups in total. The molecule has 148 valence electrons. The molecule has 0 spiro atoms. The van der Waals surface area contributed by atoms with Crippen LogP contribution >= 0.6 is 0 Å². The highest BCUT2D eigenvalue weighted by molar-refractivity contribution is 5.78. The predicted octanol–water partition coefficient (Wildman–Crippen LogP) is 4.40. The molecule has 5 rings (SSSR count). The van der Waals surface area contributed by atoms with Crippen LogP contribution in [0.4, 0.5) is 11.5 Å². The van der Waals surface area contributed by atoms with E-state index in [0.29, 0.717) is 18.0 Å². The van der Waals surface area contributed by atoms with Gasteiger partial charge in [0.25, 0.3) is 0 Å². The van der Waals surface area contributed by atoms with Gasteiger partial charge < -0.3 is 20.6 Å². The Morgan fingerprint density at radius 1 is 1.00 bits per heavy atom. The summed E-state index contributed by atoms with van der Waals surface area (Å²) in [7, 11) is 0. The van der Waals surface area contributed by atoms with Crippen molar-refractivity contribution in [3.8, 4) is 11.3 Å². The van der Waals surface area contributed by atoms with Crippen molar-refractivity contribution >= 4 is 22.5 Å². The molecule has 4 heterocycles. The summed E-state index contributed by atoms with van der Waals surface area (Å²) in [5.41, 5.74) is 11.8. The van der Waals surface area contributed by atoms with Crippen LogP contribution in [-0.2, 0) is 13.0 Å². The summed E-state index contributed by atoms with van der Waals surface area (Å²) in [5.74, 6) is 1.06. The second kappa shape index (κ2) is 7.71. The summed E-state index contributed by atoms with van der Waals surface area (Å²) < 4.78 is 5.45. The molecule has 0 amide bonds. The van der Waals surface area contributed by atoms with Crippen molar-refractivity contribution in [3.05, 3.63) is 90.0 Å². The molecule has 0 atom stereocenters. The number of hydrogen-bond donors (Lipinski definition) is 3. The Labute approximate surface area is 173 Å². The number of nitrogen functional groups attached to an aromatic ring is 1. The number of aromatic nitrogens is 4. The topological polar surface area (TPSA) is 106 Å². The molecular formula is C23H20N6O. The van der Waals surface area contributed by atoms with Crippen LogP contribution in [0.3, 0.4) is 0 Å². The van der Waals surface area contributed by atoms with Gasteiger partial charge in [0, 0.05) is 36.8 Å². The Kier molecular flexibility index (Phi) is 4.61. The maximum atomic E-state index is 5.91. The summed E-state index contributed by atoms with van der Waals surface area (Å²) >= 11 is 0. The quantitative estimate of drug-likeness (QED) is 0.393. The number of anilines is 2. The van der Waals surface area contributed by atoms with Crippen LogP contribution < -0.4 is 11.1 Å². The summed E-state index contributed by atoms with van der Waals surface area (Å²) in [6, 6.07) is 18.2. The zero-order chi connectivity index (χ0) is 20.3. The highest BCUT2D eigenvalue weighted by Gasteiger charge is 2.10. The third-order valence-corrected chi connectivity index (χ3v) is 4.97. The van der Waals surface area contributed by atoms with E-state index in [0.717, 1.165) is 40.1 Å². The van der Waals surface area contributed by atoms with E-state index in [1.807, 2.05) is 36.7 Å². The number of fused-ring (bicyclic) bond motifs is 1. The first kappa shape index (κ1) is 17.9. The number of benzene rings is 1. The van der Waals surface area contributed by atoms with E-state index in [1.165, 1.54) is 5.56 Å². The van der Waals surface area contributed by atoms with Crippen molar-refractivity contribution in [2.45, 2.75) is 13.0 Å². The molecule has 0 saturated carbocycles. The van der Waals surface area contributed by atoms with Gasteiger partial charge in [0.1, 0.15) is 11.5 Å². The molecule has 1 aromatic carbocycles. The van der Waals surface area contributed by atoms with Crippen LogP contribution in [0.2, 0.25) is 0 Å². The molecule has 0 aliphatic carbocycles. The Hall–Kier alpha value is -4.13. The van der Waals surface area contributed by atoms with Crippen molar-refractivity contribution in [2.75, 3.05) is 11.1 Å². The lowest BCUT2D eigenvalue weighted by molar-refractivity contribution is 0.425. The first-order valence-corrected chi connectivity index (χ1v) is 9.66. The molecule has 30 heavy (non-hydrogen) atoms. The monoisotopic (exact) mass is 396 g/mol. The van der Waals surface area contributed by atoms with Crippen LogP contribution in [0.5, 0.6) is 0 Å². The Bertz CT molecular complexity index is 1290. The molecule has 0 fully saturated rings. The van der Waals surface area contributed by atoms with Crippen molar-refractivity contribution in [1.82, 2.24) is 20.1 Å². The number of nitrogens with one attached hydrogen (secondary N) is 2. The maximum absolute atomic E-state index is 5.91. The molecule has 0 saturated heterocycles. The average molecular weight is 396 g/mol. The number of H-pyrrole nitrogens is 1. The summed E-state index contributed by atoms with van der Waals surface area (Å²) in [6.45, 7) is 0.728. The van der Waals surface area contributed by atoms with E-state index in [2.05, 4.69) is 55.8 Å². The molecule has 0 radical (unpaired) electrons. The molecule has 7 nitrogen and oxygen atoms in total. The van der Waals surface area contributed by atoms with Gasteiger partial charge in [0.2, 0.25) is 0 Å². The number of rotatable bonds is 6. The Morgan fingerprint density at radius 3 is 2.73 bits per heavy atom. The van der Waals surface area contributed by atoms with Gasteiger partial charge in [-0.05, 0) is 35.4 Å². The fraction of sp³-hybridized carbons (Fsp3) is 0.0870. The smallest absolute Gasteiger partial charge is 0.170 e. The molecule has 0 bridgehead atoms. The van der Waals surface area contributed by atoms with E-state index < -0.39 is 0 Å². The molecular weight excluding hydrogens is 376 g/mol. The van der Waals surface area contributed by atoms with E-state index in [4.69, 9.17) is 10.3 Å². The van der Waals surface area contributed by atoms with Gasteiger partial charge in [-0.1, -0.05) is 29.4 Å². The average Bonchev–Trinajstić information content (AvgIpc) is 3.43. The van der Waals surface area contributed by atoms with Crippen molar-refractivity contribution in [3.63, 3.8) is 0 Å². The predicted molar refractivity (Wildman–Crippen MR) is 117 cm³/mol. The van der Waals surface area contributed by atoms with Crippen molar-refractivity contribution in [1.29, 1.82) is 0 Å². The zero-order valence-corrected chi connectivity index (χ0v) is 16.2. The number of aromatic amines is 1. The SMILES string of the molecule is Nc1ncccc1-c1cc(Cc2ccc(CNc3cnc4[nH]ccc4c3)cc2)no1. The van der Waals surface area contributed by atoms with Crippen LogP contribution in [0.1, 0.15) is 16.8 Å². The van der Waals surface area contributed by atoms with Gasteiger partial charge in [0.15, 0.2) is 5.76 Å². The molecule has 0 aliphatic heterocycles. The van der Waals surface area contributed by atoms with Crippen LogP contribution in [0, 0.1) is 0 Å². The fourth-order valence-corrected chi connectivity index (χ4v) is 3.37. The number of nitrogens with zero attached hydrogens (tertiary/aromatic N) is 3. The molecule has 4 aromatic heterocycles. The largest absolute Gasteiger partial charge is 0.383 e. The third-order valence-electron chi connectivity index (χ3n) is 4.97. The Balaban J connectivity index is 1.22. The standard InChI is InChI=1S/C23H20N6O/c24-22-20(2-1-8-25-22)21-12-18(29-30-21)10-15-3-5-16(6-4-15)13-27-19-11-17-7-9-26-23(17)28-14-19/h1-9,11-12,14,27H,10,13H2,(H2,24,25)(H,26,28). The zero-order valence-electron chi connectivity index (χ0n) is 16.2. The Morgan fingerprint density at radius 2 is 1.87 bits per heavy atom. The van der Waals surface area contributed by atoms with E-state index in [1.54, 1.807) is 6.20 Å². The highest BCUT2D eigenvalue weighted by Crippen LogP contribution is 2.25. The van der Waals surface area contributed by atoms with Crippen molar-refractivity contribution in [2.24, 2.45) is 0 Å². The molecule has 0 aliphatic rings. The van der Waals surface area contributed by atoms with Gasteiger partial charge in [-0.3, -0.25) is 0 Å². The van der Waals surface area contributed by atoms with Gasteiger partial charge in [-0.2, -0.15) is 0 Å². The minimum atomic E-state index is 0.433. The van der Waals surface area contributed by atoms with Crippen molar-refractivity contribution < 1.29 is 4.52 Å². The normalized spacial score (nSPS) is 11.1. The first-order chi connectivity index (χ1) is 14.7. The fourth-order valence-electron chi connectivity index (χ4n) is 3.37. The third kappa shape index (κ3) is 3.73. The second-order valence-corrected chi connectivity index (χ2v) is 7.11. The van der Waals surface area contributed by atoms with Gasteiger partial charge in [-0.25, -0.2) is 9.97 Å². The second-order valence-electron chi connectivity index (χ2n) is 7.11. The first-order valence-electron chi connectivity index (χ1n) is 9.66. The summed E-state index contributed by atoms with van der Waals surface area (Å²) in [6.07, 6.45) is 6.07. The van der Waals surface area contributed by atoms with Crippen LogP contribution in [-0.4, -0.2) is 20.1 Å². The molecule has 0 unspecified atom stereocenters. The lowest BCUT2D eigenvalue weighted by Crippen LogP contribution is -2.00. The van der Waals surface area contributed by atoms with Gasteiger partial charge in [0.05, 0.1) is 23.1 Å². The maximum Gasteiger partial charge on any atom is 0.170 e. The minimum Gasteiger partial charge on any atom is -0.383 e. The highest BCUT2D eigenvalue weighted by atomic mass is 16.5. The number of nitrogens with two attached hydrogens (primary N) is 1. The van der Waals surface area contributed by atoms with Gasteiger partial charge in [-0.15, -0.1) is 0 Å². The molecule has 7 heteroatoms. The van der Waals surface area contributed by atoms with E-state index in [9.17, 15) is 0 Å². The number of pyridine rings is 2. The molecule has 5 aromatic rings. The lowest BCUT2D eigenvalue weighted by atomic mass is 10.1. The lowest BCUT2D eigenvalue weighted by Gasteiger charge is -2.07. The number of hydrogen-bond acceptors (Lipinski definition) is 6. The van der Waals surface area contributed by atoms with E-state index in [-0.39, 0.29) is 0 Å².